The largest absolute Gasteiger partial charge is 0.414 e. The van der Waals surface area contributed by atoms with Gasteiger partial charge in [-0.15, -0.1) is 6.58 Å². The van der Waals surface area contributed by atoms with Gasteiger partial charge in [0, 0.05) is 0 Å². The van der Waals surface area contributed by atoms with E-state index in [9.17, 15) is 0 Å². The van der Waals surface area contributed by atoms with Gasteiger partial charge in [0.25, 0.3) is 0 Å². The Morgan fingerprint density at radius 2 is 1.52 bits per heavy atom. The zero-order chi connectivity index (χ0) is 24.5. The molecule has 5 nitrogen and oxygen atoms in total. The Hall–Kier alpha value is -0.186. The molecule has 0 radical (unpaired) electrons. The first-order chi connectivity index (χ1) is 13.8. The summed E-state index contributed by atoms with van der Waals surface area (Å²) in [7, 11) is -4.09. The van der Waals surface area contributed by atoms with Gasteiger partial charge in [0.15, 0.2) is 22.4 Å². The first-order valence-electron chi connectivity index (χ1n) is 11.1. The Balaban J connectivity index is 3.35. The topological polar surface area (TPSA) is 49.3 Å². The summed E-state index contributed by atoms with van der Waals surface area (Å²) in [5.41, 5.74) is 0. The van der Waals surface area contributed by atoms with E-state index in [1.165, 1.54) is 0 Å². The van der Waals surface area contributed by atoms with Gasteiger partial charge in [-0.3, -0.25) is 0 Å². The van der Waals surface area contributed by atoms with Crippen LogP contribution in [0.5, 0.6) is 0 Å². The van der Waals surface area contributed by atoms with Crippen LogP contribution in [0.3, 0.4) is 0 Å². The fraction of sp³-hybridized carbons (Fsp3) is 0.870. The smallest absolute Gasteiger partial charge is 0.192 e. The highest BCUT2D eigenvalue weighted by atomic mass is 32.1. The zero-order valence-electron chi connectivity index (χ0n) is 21.8. The standard InChI is InChI=1S/C23H45NO4SSi2/c1-14-17(24-16-29)19-20(27-23(8,9)26-19)18(28-31(12,13)22(5,6)7)15-25-30(10,11)21(2,3)4/h14,17-20H,1,15H2,2-13H3/t17-,18+,19-,20+/m0/s1. The van der Waals surface area contributed by atoms with E-state index in [2.05, 4.69) is 84.5 Å². The van der Waals surface area contributed by atoms with Crippen molar-refractivity contribution < 1.29 is 18.3 Å². The highest BCUT2D eigenvalue weighted by molar-refractivity contribution is 7.78. The third-order valence-corrected chi connectivity index (χ3v) is 16.1. The number of rotatable bonds is 9. The molecule has 1 saturated heterocycles. The SMILES string of the molecule is C=C[C@H](N=C=S)[C@@H]1OC(C)(C)O[C@@H]1[C@@H](CO[Si](C)(C)C(C)(C)C)O[Si](C)(C)C(C)(C)C. The van der Waals surface area contributed by atoms with Gasteiger partial charge in [-0.05, 0) is 62.3 Å². The molecule has 1 fully saturated rings. The Morgan fingerprint density at radius 1 is 1.03 bits per heavy atom. The van der Waals surface area contributed by atoms with E-state index in [1.54, 1.807) is 6.08 Å². The molecule has 0 aromatic carbocycles. The lowest BCUT2D eigenvalue weighted by Crippen LogP contribution is -2.54. The third-order valence-electron chi connectivity index (χ3n) is 6.98. The van der Waals surface area contributed by atoms with Gasteiger partial charge in [-0.1, -0.05) is 47.6 Å². The molecule has 0 aromatic rings. The molecule has 180 valence electrons. The van der Waals surface area contributed by atoms with Gasteiger partial charge >= 0.3 is 0 Å². The van der Waals surface area contributed by atoms with E-state index in [4.69, 9.17) is 30.5 Å². The second kappa shape index (κ2) is 9.98. The maximum absolute atomic E-state index is 6.90. The van der Waals surface area contributed by atoms with E-state index < -0.39 is 22.4 Å². The lowest BCUT2D eigenvalue weighted by molar-refractivity contribution is -0.156. The number of ether oxygens (including phenoxy) is 2. The maximum atomic E-state index is 6.90. The maximum Gasteiger partial charge on any atom is 0.192 e. The Labute approximate surface area is 198 Å². The third kappa shape index (κ3) is 7.40. The van der Waals surface area contributed by atoms with Gasteiger partial charge in [-0.2, -0.15) is 0 Å². The number of isothiocyanates is 1. The van der Waals surface area contributed by atoms with Crippen molar-refractivity contribution in [3.05, 3.63) is 12.7 Å². The lowest BCUT2D eigenvalue weighted by atomic mass is 10.0. The molecule has 0 aliphatic carbocycles. The van der Waals surface area contributed by atoms with E-state index in [0.717, 1.165) is 0 Å². The van der Waals surface area contributed by atoms with Crippen molar-refractivity contribution in [3.63, 3.8) is 0 Å². The monoisotopic (exact) mass is 487 g/mol. The summed E-state index contributed by atoms with van der Waals surface area (Å²) in [4.78, 5) is 4.28. The van der Waals surface area contributed by atoms with Crippen LogP contribution < -0.4 is 0 Å². The first kappa shape index (κ1) is 28.8. The van der Waals surface area contributed by atoms with E-state index >= 15 is 0 Å². The number of hydrogen-bond donors (Lipinski definition) is 0. The zero-order valence-corrected chi connectivity index (χ0v) is 24.6. The van der Waals surface area contributed by atoms with E-state index in [1.807, 2.05) is 13.8 Å². The molecule has 0 amide bonds. The van der Waals surface area contributed by atoms with Gasteiger partial charge in [-0.25, -0.2) is 4.99 Å². The van der Waals surface area contributed by atoms with Crippen molar-refractivity contribution in [2.45, 2.75) is 122 Å². The van der Waals surface area contributed by atoms with Crippen molar-refractivity contribution in [2.75, 3.05) is 6.61 Å². The van der Waals surface area contributed by atoms with Gasteiger partial charge in [0.1, 0.15) is 18.2 Å². The Morgan fingerprint density at radius 3 is 1.94 bits per heavy atom. The van der Waals surface area contributed by atoms with Crippen LogP contribution in [0.2, 0.25) is 36.3 Å². The van der Waals surface area contributed by atoms with Crippen molar-refractivity contribution in [1.29, 1.82) is 0 Å². The van der Waals surface area contributed by atoms with Crippen molar-refractivity contribution >= 4 is 34.0 Å². The summed E-state index contributed by atoms with van der Waals surface area (Å²) in [5, 5.41) is 2.63. The predicted octanol–water partition coefficient (Wildman–Crippen LogP) is 6.58. The molecule has 1 rings (SSSR count). The summed E-state index contributed by atoms with van der Waals surface area (Å²) in [6, 6.07) is -0.359. The molecule has 31 heavy (non-hydrogen) atoms. The minimum Gasteiger partial charge on any atom is -0.414 e. The number of nitrogens with zero attached hydrogens (tertiary/aromatic N) is 1. The Kier molecular flexibility index (Phi) is 9.28. The second-order valence-electron chi connectivity index (χ2n) is 12.0. The molecule has 0 unspecified atom stereocenters. The van der Waals surface area contributed by atoms with E-state index in [-0.39, 0.29) is 34.4 Å². The molecule has 4 atom stereocenters. The quantitative estimate of drug-likeness (QED) is 0.159. The average Bonchev–Trinajstić information content (AvgIpc) is 2.89. The molecule has 1 heterocycles. The molecular weight excluding hydrogens is 442 g/mol. The molecule has 0 spiro atoms. The summed E-state index contributed by atoms with van der Waals surface area (Å²) in [5.74, 6) is -0.764. The fourth-order valence-corrected chi connectivity index (χ4v) is 5.40. The lowest BCUT2D eigenvalue weighted by Gasteiger charge is -2.43. The van der Waals surface area contributed by atoms with Crippen LogP contribution in [0, 0.1) is 0 Å². The van der Waals surface area contributed by atoms with Crippen molar-refractivity contribution in [3.8, 4) is 0 Å². The van der Waals surface area contributed by atoms with Crippen LogP contribution >= 0.6 is 12.2 Å². The summed E-state index contributed by atoms with van der Waals surface area (Å²) in [6.45, 7) is 30.7. The highest BCUT2D eigenvalue weighted by Crippen LogP contribution is 2.42. The van der Waals surface area contributed by atoms with Crippen LogP contribution in [0.1, 0.15) is 55.4 Å². The second-order valence-corrected chi connectivity index (χ2v) is 21.7. The minimum absolute atomic E-state index is 0.0527. The van der Waals surface area contributed by atoms with Crippen molar-refractivity contribution in [2.24, 2.45) is 4.99 Å². The van der Waals surface area contributed by atoms with Gasteiger partial charge < -0.3 is 18.3 Å². The molecule has 1 aliphatic heterocycles. The number of aliphatic imine (C=N–C) groups is 1. The van der Waals surface area contributed by atoms with Crippen LogP contribution in [-0.2, 0) is 18.3 Å². The van der Waals surface area contributed by atoms with Crippen LogP contribution in [0.25, 0.3) is 0 Å². The summed E-state index contributed by atoms with van der Waals surface area (Å²) < 4.78 is 26.2. The molecule has 1 aliphatic rings. The normalized spacial score (nSPS) is 24.4. The number of thiocarbonyl (C=S) groups is 1. The minimum atomic E-state index is -2.11. The first-order valence-corrected chi connectivity index (χ1v) is 17.4. The average molecular weight is 488 g/mol. The number of hydrogen-bond acceptors (Lipinski definition) is 6. The molecule has 0 aromatic heterocycles. The molecule has 0 saturated carbocycles. The van der Waals surface area contributed by atoms with Crippen LogP contribution in [-0.4, -0.2) is 58.5 Å². The summed E-state index contributed by atoms with van der Waals surface area (Å²) >= 11 is 4.86. The molecule has 0 bridgehead atoms. The van der Waals surface area contributed by atoms with Crippen LogP contribution in [0.15, 0.2) is 17.6 Å². The Bertz CT molecular complexity index is 676. The molecular formula is C23H45NO4SSi2. The van der Waals surface area contributed by atoms with Crippen LogP contribution in [0.4, 0.5) is 0 Å². The van der Waals surface area contributed by atoms with Crippen molar-refractivity contribution in [1.82, 2.24) is 0 Å². The summed E-state index contributed by atoms with van der Waals surface area (Å²) in [6.07, 6.45) is 0.717. The van der Waals surface area contributed by atoms with Gasteiger partial charge in [0.05, 0.1) is 17.9 Å². The predicted molar refractivity (Wildman–Crippen MR) is 138 cm³/mol. The van der Waals surface area contributed by atoms with Gasteiger partial charge in [0.2, 0.25) is 0 Å². The highest BCUT2D eigenvalue weighted by Gasteiger charge is 2.51. The van der Waals surface area contributed by atoms with E-state index in [0.29, 0.717) is 6.61 Å². The molecule has 8 heteroatoms. The molecule has 0 N–H and O–H groups in total. The fourth-order valence-electron chi connectivity index (χ4n) is 2.95.